The van der Waals surface area contributed by atoms with Gasteiger partial charge in [0.15, 0.2) is 0 Å². The van der Waals surface area contributed by atoms with Crippen LogP contribution >= 0.6 is 0 Å². The van der Waals surface area contributed by atoms with Crippen LogP contribution in [-0.2, 0) is 13.0 Å². The Morgan fingerprint density at radius 3 is 2.61 bits per heavy atom. The average molecular weight is 245 g/mol. The van der Waals surface area contributed by atoms with E-state index in [0.29, 0.717) is 18.3 Å². The molecule has 2 rings (SSSR count). The fourth-order valence-electron chi connectivity index (χ4n) is 1.71. The fraction of sp³-hybridized carbons (Fsp3) is 0.429. The maximum absolute atomic E-state index is 5.20. The van der Waals surface area contributed by atoms with Crippen LogP contribution in [0.3, 0.4) is 0 Å². The first-order valence-corrected chi connectivity index (χ1v) is 6.46. The number of aromatic nitrogens is 2. The fourth-order valence-corrected chi connectivity index (χ4v) is 1.71. The van der Waals surface area contributed by atoms with Crippen LogP contribution in [0.15, 0.2) is 28.8 Å². The van der Waals surface area contributed by atoms with Crippen LogP contribution in [-0.4, -0.2) is 16.7 Å². The number of nitrogens with zero attached hydrogens (tertiary/aromatic N) is 2. The highest BCUT2D eigenvalue weighted by Crippen LogP contribution is 2.16. The van der Waals surface area contributed by atoms with Crippen molar-refractivity contribution in [3.05, 3.63) is 35.7 Å². The molecule has 0 aliphatic rings. The largest absolute Gasteiger partial charge is 0.338 e. The summed E-state index contributed by atoms with van der Waals surface area (Å²) in [7, 11) is 0. The van der Waals surface area contributed by atoms with Gasteiger partial charge in [-0.25, -0.2) is 0 Å². The molecule has 2 aromatic rings. The van der Waals surface area contributed by atoms with Crippen molar-refractivity contribution < 1.29 is 4.52 Å². The van der Waals surface area contributed by atoms with E-state index in [1.54, 1.807) is 0 Å². The molecule has 0 saturated heterocycles. The molecule has 0 saturated carbocycles. The number of hydrogen-bond donors (Lipinski definition) is 1. The number of nitrogens with one attached hydrogen (secondary N) is 1. The summed E-state index contributed by atoms with van der Waals surface area (Å²) in [4.78, 5) is 4.37. The van der Waals surface area contributed by atoms with Crippen molar-refractivity contribution in [3.8, 4) is 11.4 Å². The van der Waals surface area contributed by atoms with E-state index in [1.807, 2.05) is 12.1 Å². The summed E-state index contributed by atoms with van der Waals surface area (Å²) in [5.74, 6) is 1.30. The van der Waals surface area contributed by atoms with E-state index in [2.05, 4.69) is 41.4 Å². The highest BCUT2D eigenvalue weighted by Gasteiger charge is 2.07. The lowest BCUT2D eigenvalue weighted by atomic mass is 10.1. The van der Waals surface area contributed by atoms with Crippen molar-refractivity contribution in [1.29, 1.82) is 0 Å². The van der Waals surface area contributed by atoms with Gasteiger partial charge in [0.05, 0.1) is 6.54 Å². The molecule has 0 amide bonds. The minimum atomic E-state index is 0.633. The lowest BCUT2D eigenvalue weighted by molar-refractivity contribution is 0.368. The van der Waals surface area contributed by atoms with E-state index in [4.69, 9.17) is 4.52 Å². The smallest absolute Gasteiger partial charge is 0.240 e. The number of hydrogen-bond acceptors (Lipinski definition) is 4. The van der Waals surface area contributed by atoms with E-state index in [0.717, 1.165) is 24.9 Å². The van der Waals surface area contributed by atoms with Gasteiger partial charge < -0.3 is 9.84 Å². The molecule has 0 aliphatic carbocycles. The molecule has 18 heavy (non-hydrogen) atoms. The highest BCUT2D eigenvalue weighted by molar-refractivity contribution is 5.54. The number of aryl methyl sites for hydroxylation is 1. The predicted octanol–water partition coefficient (Wildman–Crippen LogP) is 2.80. The Labute approximate surface area is 107 Å². The molecule has 1 heterocycles. The van der Waals surface area contributed by atoms with Crippen LogP contribution in [0.4, 0.5) is 0 Å². The second-order valence-electron chi connectivity index (χ2n) is 4.24. The van der Waals surface area contributed by atoms with Crippen molar-refractivity contribution in [2.24, 2.45) is 0 Å². The van der Waals surface area contributed by atoms with Gasteiger partial charge in [-0.3, -0.25) is 0 Å². The number of rotatable bonds is 6. The first kappa shape index (κ1) is 12.8. The van der Waals surface area contributed by atoms with Gasteiger partial charge in [0.25, 0.3) is 0 Å². The summed E-state index contributed by atoms with van der Waals surface area (Å²) >= 11 is 0. The molecule has 1 aromatic carbocycles. The Kier molecular flexibility index (Phi) is 4.47. The van der Waals surface area contributed by atoms with Crippen molar-refractivity contribution in [2.75, 3.05) is 6.54 Å². The topological polar surface area (TPSA) is 51.0 Å². The molecule has 96 valence electrons. The Hall–Kier alpha value is -1.68. The molecule has 0 radical (unpaired) electrons. The van der Waals surface area contributed by atoms with Gasteiger partial charge in [0, 0.05) is 5.56 Å². The molecule has 0 bridgehead atoms. The Morgan fingerprint density at radius 2 is 1.94 bits per heavy atom. The zero-order chi connectivity index (χ0) is 12.8. The van der Waals surface area contributed by atoms with Gasteiger partial charge in [-0.2, -0.15) is 4.98 Å². The van der Waals surface area contributed by atoms with Crippen molar-refractivity contribution >= 4 is 0 Å². The van der Waals surface area contributed by atoms with Crippen molar-refractivity contribution in [3.63, 3.8) is 0 Å². The third-order valence-corrected chi connectivity index (χ3v) is 2.79. The van der Waals surface area contributed by atoms with E-state index < -0.39 is 0 Å². The van der Waals surface area contributed by atoms with E-state index in [1.165, 1.54) is 5.56 Å². The molecule has 1 N–H and O–H groups in total. The van der Waals surface area contributed by atoms with Crippen LogP contribution in [0.25, 0.3) is 11.4 Å². The SMILES string of the molecule is CCCNCc1nc(-c2ccc(CC)cc2)no1. The zero-order valence-electron chi connectivity index (χ0n) is 10.9. The second-order valence-corrected chi connectivity index (χ2v) is 4.24. The van der Waals surface area contributed by atoms with Gasteiger partial charge in [-0.05, 0) is 24.9 Å². The molecule has 0 unspecified atom stereocenters. The third-order valence-electron chi connectivity index (χ3n) is 2.79. The molecule has 0 spiro atoms. The number of benzene rings is 1. The minimum Gasteiger partial charge on any atom is -0.338 e. The van der Waals surface area contributed by atoms with Crippen LogP contribution in [0.2, 0.25) is 0 Å². The van der Waals surface area contributed by atoms with Crippen LogP contribution < -0.4 is 5.32 Å². The lowest BCUT2D eigenvalue weighted by Gasteiger charge is -1.97. The standard InChI is InChI=1S/C14H19N3O/c1-3-9-15-10-13-16-14(17-18-13)12-7-5-11(4-2)6-8-12/h5-8,15H,3-4,9-10H2,1-2H3. The van der Waals surface area contributed by atoms with Gasteiger partial charge in [0.1, 0.15) is 0 Å². The summed E-state index contributed by atoms with van der Waals surface area (Å²) in [5.41, 5.74) is 2.31. The molecule has 4 heteroatoms. The minimum absolute atomic E-state index is 0.633. The maximum atomic E-state index is 5.20. The molecule has 4 nitrogen and oxygen atoms in total. The summed E-state index contributed by atoms with van der Waals surface area (Å²) < 4.78 is 5.20. The Morgan fingerprint density at radius 1 is 1.17 bits per heavy atom. The van der Waals surface area contributed by atoms with Gasteiger partial charge in [0.2, 0.25) is 11.7 Å². The molecule has 0 aliphatic heterocycles. The van der Waals surface area contributed by atoms with E-state index in [-0.39, 0.29) is 0 Å². The second kappa shape index (κ2) is 6.31. The van der Waals surface area contributed by atoms with Gasteiger partial charge in [-0.1, -0.05) is 43.3 Å². The first-order valence-electron chi connectivity index (χ1n) is 6.46. The lowest BCUT2D eigenvalue weighted by Crippen LogP contribution is -2.13. The first-order chi connectivity index (χ1) is 8.83. The Balaban J connectivity index is 2.04. The normalized spacial score (nSPS) is 10.8. The van der Waals surface area contributed by atoms with Crippen LogP contribution in [0, 0.1) is 0 Å². The van der Waals surface area contributed by atoms with Crippen molar-refractivity contribution in [1.82, 2.24) is 15.5 Å². The summed E-state index contributed by atoms with van der Waals surface area (Å²) in [6, 6.07) is 8.27. The Bertz CT molecular complexity index is 476. The van der Waals surface area contributed by atoms with E-state index >= 15 is 0 Å². The summed E-state index contributed by atoms with van der Waals surface area (Å²) in [5, 5.41) is 7.23. The molecule has 1 aromatic heterocycles. The molecular formula is C14H19N3O. The molecule has 0 atom stereocenters. The zero-order valence-corrected chi connectivity index (χ0v) is 10.9. The summed E-state index contributed by atoms with van der Waals surface area (Å²) in [6.07, 6.45) is 2.14. The van der Waals surface area contributed by atoms with Gasteiger partial charge >= 0.3 is 0 Å². The maximum Gasteiger partial charge on any atom is 0.240 e. The quantitative estimate of drug-likeness (QED) is 0.795. The average Bonchev–Trinajstić information content (AvgIpc) is 2.88. The van der Waals surface area contributed by atoms with E-state index in [9.17, 15) is 0 Å². The molecular weight excluding hydrogens is 226 g/mol. The monoisotopic (exact) mass is 245 g/mol. The van der Waals surface area contributed by atoms with Crippen LogP contribution in [0.1, 0.15) is 31.7 Å². The van der Waals surface area contributed by atoms with Gasteiger partial charge in [-0.15, -0.1) is 0 Å². The highest BCUT2D eigenvalue weighted by atomic mass is 16.5. The predicted molar refractivity (Wildman–Crippen MR) is 71.1 cm³/mol. The molecule has 0 fully saturated rings. The van der Waals surface area contributed by atoms with Crippen molar-refractivity contribution in [2.45, 2.75) is 33.2 Å². The van der Waals surface area contributed by atoms with Crippen LogP contribution in [0.5, 0.6) is 0 Å². The third kappa shape index (κ3) is 3.17. The summed E-state index contributed by atoms with van der Waals surface area (Å²) in [6.45, 7) is 5.86.